The van der Waals surface area contributed by atoms with Crippen LogP contribution in [0.2, 0.25) is 0 Å². The lowest BCUT2D eigenvalue weighted by atomic mass is 10.2. The number of benzene rings is 1. The highest BCUT2D eigenvalue weighted by Crippen LogP contribution is 2.13. The molecular weight excluding hydrogens is 330 g/mol. The average molecular weight is 346 g/mol. The Morgan fingerprint density at radius 2 is 1.92 bits per heavy atom. The van der Waals surface area contributed by atoms with E-state index in [1.54, 1.807) is 0 Å². The fraction of sp³-hybridized carbons (Fsp3) is 0.235. The molecule has 8 heteroatoms. The maximum absolute atomic E-state index is 13.5. The van der Waals surface area contributed by atoms with Crippen LogP contribution in [0.15, 0.2) is 36.7 Å². The number of nitrogens with one attached hydrogen (secondary N) is 1. The van der Waals surface area contributed by atoms with E-state index in [4.69, 9.17) is 4.74 Å². The quantitative estimate of drug-likeness (QED) is 0.860. The summed E-state index contributed by atoms with van der Waals surface area (Å²) in [5.41, 5.74) is 0.403. The Labute approximate surface area is 143 Å². The maximum atomic E-state index is 13.5. The van der Waals surface area contributed by atoms with Gasteiger partial charge < -0.3 is 15.0 Å². The summed E-state index contributed by atoms with van der Waals surface area (Å²) in [6, 6.07) is 3.03. The van der Waals surface area contributed by atoms with Crippen molar-refractivity contribution in [3.05, 3.63) is 53.9 Å². The summed E-state index contributed by atoms with van der Waals surface area (Å²) in [5.74, 6) is -1.11. The monoisotopic (exact) mass is 346 g/mol. The molecule has 1 saturated heterocycles. The van der Waals surface area contributed by atoms with Gasteiger partial charge in [-0.05, 0) is 24.3 Å². The number of rotatable bonds is 4. The molecule has 0 atom stereocenters. The first kappa shape index (κ1) is 17.0. The van der Waals surface area contributed by atoms with Crippen molar-refractivity contribution in [2.75, 3.05) is 36.5 Å². The van der Waals surface area contributed by atoms with Crippen LogP contribution in [0.3, 0.4) is 0 Å². The molecule has 0 bridgehead atoms. The van der Waals surface area contributed by atoms with E-state index in [-0.39, 0.29) is 5.56 Å². The Bertz CT molecular complexity index is 775. The highest BCUT2D eigenvalue weighted by molar-refractivity contribution is 6.01. The SMILES string of the molecule is O=C(/C=C/c1cc(F)ccc1F)Nc1cnc(N2CCOCC2)nc1. The first-order valence-electron chi connectivity index (χ1n) is 7.71. The van der Waals surface area contributed by atoms with Gasteiger partial charge in [-0.1, -0.05) is 0 Å². The van der Waals surface area contributed by atoms with Crippen LogP contribution >= 0.6 is 0 Å². The molecule has 1 N–H and O–H groups in total. The highest BCUT2D eigenvalue weighted by Gasteiger charge is 2.13. The Hall–Kier alpha value is -2.87. The van der Waals surface area contributed by atoms with Gasteiger partial charge in [-0.3, -0.25) is 4.79 Å². The number of hydrogen-bond donors (Lipinski definition) is 1. The van der Waals surface area contributed by atoms with Gasteiger partial charge in [0.25, 0.3) is 0 Å². The predicted octanol–water partition coefficient (Wildman–Crippen LogP) is 2.24. The second kappa shape index (κ2) is 7.80. The lowest BCUT2D eigenvalue weighted by Gasteiger charge is -2.26. The lowest BCUT2D eigenvalue weighted by molar-refractivity contribution is -0.111. The van der Waals surface area contributed by atoms with Crippen LogP contribution < -0.4 is 10.2 Å². The normalized spacial score (nSPS) is 14.7. The molecule has 0 unspecified atom stereocenters. The van der Waals surface area contributed by atoms with Crippen LogP contribution in [0.25, 0.3) is 6.08 Å². The summed E-state index contributed by atoms with van der Waals surface area (Å²) in [7, 11) is 0. The lowest BCUT2D eigenvalue weighted by Crippen LogP contribution is -2.37. The van der Waals surface area contributed by atoms with Crippen molar-refractivity contribution >= 4 is 23.6 Å². The van der Waals surface area contributed by atoms with Crippen molar-refractivity contribution in [1.82, 2.24) is 9.97 Å². The van der Waals surface area contributed by atoms with E-state index in [0.717, 1.165) is 24.3 Å². The number of ether oxygens (including phenoxy) is 1. The van der Waals surface area contributed by atoms with E-state index in [2.05, 4.69) is 15.3 Å². The third kappa shape index (κ3) is 4.57. The molecular formula is C17H16F2N4O2. The average Bonchev–Trinajstić information content (AvgIpc) is 2.64. The van der Waals surface area contributed by atoms with Gasteiger partial charge in [-0.25, -0.2) is 18.7 Å². The third-order valence-electron chi connectivity index (χ3n) is 3.57. The van der Waals surface area contributed by atoms with Gasteiger partial charge in [0.2, 0.25) is 11.9 Å². The highest BCUT2D eigenvalue weighted by atomic mass is 19.1. The molecule has 0 aliphatic carbocycles. The minimum absolute atomic E-state index is 0.00550. The summed E-state index contributed by atoms with van der Waals surface area (Å²) < 4.78 is 31.8. The van der Waals surface area contributed by atoms with Crippen molar-refractivity contribution in [3.8, 4) is 0 Å². The smallest absolute Gasteiger partial charge is 0.248 e. The van der Waals surface area contributed by atoms with Gasteiger partial charge in [0.05, 0.1) is 31.3 Å². The number of amides is 1. The van der Waals surface area contributed by atoms with Gasteiger partial charge in [-0.15, -0.1) is 0 Å². The van der Waals surface area contributed by atoms with E-state index in [9.17, 15) is 13.6 Å². The van der Waals surface area contributed by atoms with E-state index < -0.39 is 17.5 Å². The standard InChI is InChI=1S/C17H16F2N4O2/c18-13-2-3-15(19)12(9-13)1-4-16(24)22-14-10-20-17(21-11-14)23-5-7-25-8-6-23/h1-4,9-11H,5-8H2,(H,22,24)/b4-1+. The summed E-state index contributed by atoms with van der Waals surface area (Å²) in [5, 5.41) is 2.57. The van der Waals surface area contributed by atoms with Gasteiger partial charge >= 0.3 is 0 Å². The van der Waals surface area contributed by atoms with Crippen LogP contribution in [-0.4, -0.2) is 42.2 Å². The molecule has 1 aromatic heterocycles. The zero-order valence-corrected chi connectivity index (χ0v) is 13.3. The van der Waals surface area contributed by atoms with E-state index >= 15 is 0 Å². The Balaban J connectivity index is 1.60. The predicted molar refractivity (Wildman–Crippen MR) is 89.1 cm³/mol. The molecule has 0 spiro atoms. The van der Waals surface area contributed by atoms with E-state index in [0.29, 0.717) is 37.9 Å². The summed E-state index contributed by atoms with van der Waals surface area (Å²) in [6.07, 6.45) is 5.31. The number of anilines is 2. The summed E-state index contributed by atoms with van der Waals surface area (Å²) in [4.78, 5) is 22.3. The minimum Gasteiger partial charge on any atom is -0.378 e. The number of hydrogen-bond acceptors (Lipinski definition) is 5. The van der Waals surface area contributed by atoms with Gasteiger partial charge in [0, 0.05) is 24.7 Å². The van der Waals surface area contributed by atoms with E-state index in [1.807, 2.05) is 4.90 Å². The first-order chi connectivity index (χ1) is 12.1. The van der Waals surface area contributed by atoms with Crippen LogP contribution in [-0.2, 0) is 9.53 Å². The molecule has 1 amide bonds. The fourth-order valence-electron chi connectivity index (χ4n) is 2.30. The largest absolute Gasteiger partial charge is 0.378 e. The molecule has 1 aliphatic heterocycles. The van der Waals surface area contributed by atoms with Crippen molar-refractivity contribution in [2.45, 2.75) is 0 Å². The Morgan fingerprint density at radius 3 is 2.64 bits per heavy atom. The maximum Gasteiger partial charge on any atom is 0.248 e. The molecule has 1 fully saturated rings. The Morgan fingerprint density at radius 1 is 1.20 bits per heavy atom. The molecule has 1 aliphatic rings. The van der Waals surface area contributed by atoms with Crippen molar-refractivity contribution in [2.24, 2.45) is 0 Å². The molecule has 0 radical (unpaired) electrons. The van der Waals surface area contributed by atoms with Crippen LogP contribution in [0.4, 0.5) is 20.4 Å². The number of carbonyl (C=O) groups excluding carboxylic acids is 1. The number of carbonyl (C=O) groups is 1. The fourth-order valence-corrected chi connectivity index (χ4v) is 2.30. The van der Waals surface area contributed by atoms with Crippen LogP contribution in [0, 0.1) is 11.6 Å². The van der Waals surface area contributed by atoms with Gasteiger partial charge in [-0.2, -0.15) is 0 Å². The second-order valence-electron chi connectivity index (χ2n) is 5.36. The molecule has 3 rings (SSSR count). The third-order valence-corrected chi connectivity index (χ3v) is 3.57. The molecule has 0 saturated carbocycles. The van der Waals surface area contributed by atoms with Crippen LogP contribution in [0.1, 0.15) is 5.56 Å². The molecule has 6 nitrogen and oxygen atoms in total. The molecule has 1 aromatic carbocycles. The van der Waals surface area contributed by atoms with Crippen molar-refractivity contribution in [3.63, 3.8) is 0 Å². The summed E-state index contributed by atoms with van der Waals surface area (Å²) in [6.45, 7) is 2.69. The van der Waals surface area contributed by atoms with Gasteiger partial charge in [0.1, 0.15) is 11.6 Å². The molecule has 2 heterocycles. The zero-order chi connectivity index (χ0) is 17.6. The minimum atomic E-state index is -0.608. The molecule has 2 aromatic rings. The van der Waals surface area contributed by atoms with Gasteiger partial charge in [0.15, 0.2) is 0 Å². The van der Waals surface area contributed by atoms with Crippen molar-refractivity contribution in [1.29, 1.82) is 0 Å². The zero-order valence-electron chi connectivity index (χ0n) is 13.3. The number of halogens is 2. The first-order valence-corrected chi connectivity index (χ1v) is 7.71. The Kier molecular flexibility index (Phi) is 5.30. The summed E-state index contributed by atoms with van der Waals surface area (Å²) >= 11 is 0. The number of aromatic nitrogens is 2. The van der Waals surface area contributed by atoms with E-state index in [1.165, 1.54) is 18.5 Å². The second-order valence-corrected chi connectivity index (χ2v) is 5.36. The number of morpholine rings is 1. The molecule has 130 valence electrons. The van der Waals surface area contributed by atoms with Crippen molar-refractivity contribution < 1.29 is 18.3 Å². The topological polar surface area (TPSA) is 67.4 Å². The number of nitrogens with zero attached hydrogens (tertiary/aromatic N) is 3. The van der Waals surface area contributed by atoms with Crippen LogP contribution in [0.5, 0.6) is 0 Å². The molecule has 25 heavy (non-hydrogen) atoms.